The number of pyridine rings is 1. The summed E-state index contributed by atoms with van der Waals surface area (Å²) in [5.41, 5.74) is 7.16. The van der Waals surface area contributed by atoms with Crippen LogP contribution in [-0.2, 0) is 23.6 Å². The van der Waals surface area contributed by atoms with E-state index in [-0.39, 0.29) is 13.0 Å². The second kappa shape index (κ2) is 8.95. The molecule has 0 aliphatic carbocycles. The first-order valence-corrected chi connectivity index (χ1v) is 9.91. The van der Waals surface area contributed by atoms with E-state index in [4.69, 9.17) is 20.0 Å². The monoisotopic (exact) mass is 456 g/mol. The third kappa shape index (κ3) is 4.68. The Kier molecular flexibility index (Phi) is 6.06. The lowest BCUT2D eigenvalue weighted by Crippen LogP contribution is -2.40. The van der Waals surface area contributed by atoms with Crippen LogP contribution < -0.4 is 10.5 Å². The van der Waals surface area contributed by atoms with Crippen molar-refractivity contribution in [3.8, 4) is 16.9 Å². The number of hydrogen-bond donors (Lipinski definition) is 2. The average Bonchev–Trinajstić information content (AvgIpc) is 3.26. The van der Waals surface area contributed by atoms with Crippen molar-refractivity contribution in [2.75, 3.05) is 0 Å². The molecule has 0 amide bonds. The van der Waals surface area contributed by atoms with Crippen molar-refractivity contribution < 1.29 is 32.2 Å². The molecule has 1 unspecified atom stereocenters. The molecule has 0 spiro atoms. The van der Waals surface area contributed by atoms with Gasteiger partial charge in [-0.1, -0.05) is 18.2 Å². The molecular formula is C24H19F3N2O4. The highest BCUT2D eigenvalue weighted by Gasteiger charge is 2.39. The first-order valence-electron chi connectivity index (χ1n) is 9.91. The molecule has 0 radical (unpaired) electrons. The maximum absolute atomic E-state index is 14.3. The van der Waals surface area contributed by atoms with Gasteiger partial charge in [-0.3, -0.25) is 15.5 Å². The topological polar surface area (TPSA) is 98.6 Å². The first-order chi connectivity index (χ1) is 15.8. The predicted molar refractivity (Wildman–Crippen MR) is 115 cm³/mol. The molecule has 0 aliphatic rings. The van der Waals surface area contributed by atoms with Crippen LogP contribution in [0.4, 0.5) is 13.2 Å². The molecular weight excluding hydrogens is 437 g/mol. The Labute approximate surface area is 186 Å². The molecule has 3 N–H and O–H groups in total. The summed E-state index contributed by atoms with van der Waals surface area (Å²) in [5.74, 6) is -3.94. The molecule has 0 aliphatic heterocycles. The van der Waals surface area contributed by atoms with E-state index in [1.165, 1.54) is 18.5 Å². The number of para-hydroxylation sites is 1. The molecule has 170 valence electrons. The van der Waals surface area contributed by atoms with Gasteiger partial charge < -0.3 is 14.3 Å². The van der Waals surface area contributed by atoms with E-state index < -0.39 is 23.9 Å². The second-order valence-electron chi connectivity index (χ2n) is 7.45. The minimum Gasteiger partial charge on any atom is -0.489 e. The number of halogens is 3. The van der Waals surface area contributed by atoms with Crippen molar-refractivity contribution >= 4 is 16.9 Å². The quantitative estimate of drug-likeness (QED) is 0.360. The average molecular weight is 456 g/mol. The number of nitrogens with zero attached hydrogens (tertiary/aromatic N) is 1. The van der Waals surface area contributed by atoms with Crippen molar-refractivity contribution in [3.63, 3.8) is 0 Å². The smallest absolute Gasteiger partial charge is 0.307 e. The number of hydrogen-bond acceptors (Lipinski definition) is 5. The van der Waals surface area contributed by atoms with Gasteiger partial charge in [-0.2, -0.15) is 0 Å². The third-order valence-corrected chi connectivity index (χ3v) is 5.10. The number of ether oxygens (including phenoxy) is 1. The number of furan rings is 1. The fourth-order valence-electron chi connectivity index (χ4n) is 3.48. The Bertz CT molecular complexity index is 1300. The van der Waals surface area contributed by atoms with Crippen LogP contribution in [0.15, 0.2) is 71.5 Å². The van der Waals surface area contributed by atoms with Crippen LogP contribution in [0, 0.1) is 0 Å². The zero-order valence-corrected chi connectivity index (χ0v) is 17.2. The number of alkyl halides is 3. The first kappa shape index (κ1) is 22.3. The van der Waals surface area contributed by atoms with E-state index in [9.17, 15) is 18.0 Å². The van der Waals surface area contributed by atoms with Gasteiger partial charge in [-0.15, -0.1) is 0 Å². The Balaban J connectivity index is 1.69. The van der Waals surface area contributed by atoms with E-state index >= 15 is 0 Å². The number of carboxylic acids is 1. The highest BCUT2D eigenvalue weighted by Crippen LogP contribution is 2.34. The van der Waals surface area contributed by atoms with E-state index in [0.29, 0.717) is 33.6 Å². The third-order valence-electron chi connectivity index (χ3n) is 5.10. The molecule has 0 bridgehead atoms. The van der Waals surface area contributed by atoms with Crippen molar-refractivity contribution in [2.45, 2.75) is 25.2 Å². The van der Waals surface area contributed by atoms with Crippen LogP contribution >= 0.6 is 0 Å². The van der Waals surface area contributed by atoms with Crippen molar-refractivity contribution in [3.05, 3.63) is 83.9 Å². The molecule has 1 atom stereocenters. The van der Waals surface area contributed by atoms with Crippen LogP contribution in [0.25, 0.3) is 22.1 Å². The standard InChI is InChI=1S/C24H19F3N2O4/c25-23(26)24(27,28)20-11-15(5-7-29-20)18-10-14(9-17-6-8-32-22(17)18)13-33-19-4-2-1-3-16(19)12-21(30)31/h1-11,23H,12-13,28H2,(H,30,31). The molecule has 2 aromatic heterocycles. The molecule has 2 heterocycles. The Hall–Kier alpha value is -3.85. The fraction of sp³-hybridized carbons (Fsp3) is 0.167. The van der Waals surface area contributed by atoms with Crippen molar-refractivity contribution in [1.29, 1.82) is 0 Å². The van der Waals surface area contributed by atoms with Crippen molar-refractivity contribution in [2.24, 2.45) is 5.73 Å². The van der Waals surface area contributed by atoms with Gasteiger partial charge in [0.2, 0.25) is 0 Å². The fourth-order valence-corrected chi connectivity index (χ4v) is 3.48. The maximum Gasteiger partial charge on any atom is 0.307 e. The Morgan fingerprint density at radius 3 is 2.73 bits per heavy atom. The highest BCUT2D eigenvalue weighted by atomic mass is 19.3. The SMILES string of the molecule is NC(F)(c1cc(-c2cc(COc3ccccc3CC(=O)O)cc3ccoc23)ccn1)C(F)F. The summed E-state index contributed by atoms with van der Waals surface area (Å²) in [4.78, 5) is 14.8. The summed E-state index contributed by atoms with van der Waals surface area (Å²) in [5, 5.41) is 9.81. The van der Waals surface area contributed by atoms with Crippen LogP contribution in [-0.4, -0.2) is 22.5 Å². The summed E-state index contributed by atoms with van der Waals surface area (Å²) >= 11 is 0. The number of carbonyl (C=O) groups is 1. The lowest BCUT2D eigenvalue weighted by Gasteiger charge is -2.19. The van der Waals surface area contributed by atoms with Gasteiger partial charge in [-0.05, 0) is 47.5 Å². The van der Waals surface area contributed by atoms with E-state index in [1.807, 2.05) is 6.07 Å². The molecule has 4 rings (SSSR count). The van der Waals surface area contributed by atoms with Gasteiger partial charge in [0.05, 0.1) is 18.4 Å². The zero-order chi connectivity index (χ0) is 23.6. The van der Waals surface area contributed by atoms with Gasteiger partial charge in [0.25, 0.3) is 12.2 Å². The summed E-state index contributed by atoms with van der Waals surface area (Å²) in [6.07, 6.45) is -0.954. The Morgan fingerprint density at radius 1 is 1.18 bits per heavy atom. The maximum atomic E-state index is 14.3. The normalized spacial score (nSPS) is 13.2. The molecule has 4 aromatic rings. The van der Waals surface area contributed by atoms with Gasteiger partial charge in [0.1, 0.15) is 17.9 Å². The highest BCUT2D eigenvalue weighted by molar-refractivity contribution is 5.93. The summed E-state index contributed by atoms with van der Waals surface area (Å²) in [6.45, 7) is 0.101. The molecule has 33 heavy (non-hydrogen) atoms. The second-order valence-corrected chi connectivity index (χ2v) is 7.45. The van der Waals surface area contributed by atoms with E-state index in [1.54, 1.807) is 36.4 Å². The van der Waals surface area contributed by atoms with Crippen molar-refractivity contribution in [1.82, 2.24) is 4.98 Å². The van der Waals surface area contributed by atoms with Gasteiger partial charge in [0, 0.05) is 22.7 Å². The molecule has 6 nitrogen and oxygen atoms in total. The lowest BCUT2D eigenvalue weighted by molar-refractivity contribution is -0.136. The molecule has 2 aromatic carbocycles. The lowest BCUT2D eigenvalue weighted by atomic mass is 9.99. The van der Waals surface area contributed by atoms with Crippen LogP contribution in [0.1, 0.15) is 16.8 Å². The molecule has 0 saturated carbocycles. The number of carboxylic acid groups (broad SMARTS) is 1. The minimum atomic E-state index is -3.45. The summed E-state index contributed by atoms with van der Waals surface area (Å²) in [7, 11) is 0. The molecule has 0 saturated heterocycles. The zero-order valence-electron chi connectivity index (χ0n) is 17.2. The minimum absolute atomic E-state index is 0.101. The number of rotatable bonds is 8. The van der Waals surface area contributed by atoms with Crippen LogP contribution in [0.5, 0.6) is 5.75 Å². The molecule has 9 heteroatoms. The largest absolute Gasteiger partial charge is 0.489 e. The number of nitrogens with two attached hydrogens (primary N) is 1. The van der Waals surface area contributed by atoms with Gasteiger partial charge in [0.15, 0.2) is 0 Å². The number of benzene rings is 2. The summed E-state index contributed by atoms with van der Waals surface area (Å²) < 4.78 is 51.8. The number of aromatic nitrogens is 1. The molecule has 0 fully saturated rings. The van der Waals surface area contributed by atoms with Crippen LogP contribution in [0.3, 0.4) is 0 Å². The van der Waals surface area contributed by atoms with Crippen LogP contribution in [0.2, 0.25) is 0 Å². The van der Waals surface area contributed by atoms with Gasteiger partial charge >= 0.3 is 5.97 Å². The van der Waals surface area contributed by atoms with E-state index in [2.05, 4.69) is 4.98 Å². The summed E-state index contributed by atoms with van der Waals surface area (Å²) in [6, 6.07) is 14.8. The number of fused-ring (bicyclic) bond motifs is 1. The predicted octanol–water partition coefficient (Wildman–Crippen LogP) is 5.05. The van der Waals surface area contributed by atoms with E-state index in [0.717, 1.165) is 11.5 Å². The number of aliphatic carboxylic acids is 1. The Morgan fingerprint density at radius 2 is 1.97 bits per heavy atom. The van der Waals surface area contributed by atoms with Gasteiger partial charge in [-0.25, -0.2) is 13.2 Å².